The van der Waals surface area contributed by atoms with Gasteiger partial charge < -0.3 is 20.9 Å². The molecule has 0 aliphatic heterocycles. The summed E-state index contributed by atoms with van der Waals surface area (Å²) in [6.07, 6.45) is 0.824. The van der Waals surface area contributed by atoms with Crippen molar-refractivity contribution in [2.75, 3.05) is 37.4 Å². The Balaban J connectivity index is 1.93. The molecule has 21 heavy (non-hydrogen) atoms. The second-order valence-corrected chi connectivity index (χ2v) is 4.48. The molecular formula is C15H20N4O2. The largest absolute Gasteiger partial charge is 0.394 e. The van der Waals surface area contributed by atoms with Crippen LogP contribution in [0.1, 0.15) is 6.42 Å². The van der Waals surface area contributed by atoms with Gasteiger partial charge in [-0.2, -0.15) is 0 Å². The van der Waals surface area contributed by atoms with Crippen LogP contribution in [0.2, 0.25) is 0 Å². The smallest absolute Gasteiger partial charge is 0.163 e. The number of anilines is 2. The first-order chi connectivity index (χ1) is 10.3. The third kappa shape index (κ3) is 5.02. The first-order valence-electron chi connectivity index (χ1n) is 6.92. The third-order valence-corrected chi connectivity index (χ3v) is 2.79. The Morgan fingerprint density at radius 3 is 2.71 bits per heavy atom. The van der Waals surface area contributed by atoms with Crippen molar-refractivity contribution in [3.8, 4) is 11.4 Å². The Kier molecular flexibility index (Phi) is 5.93. The van der Waals surface area contributed by atoms with E-state index in [1.807, 2.05) is 30.3 Å². The Morgan fingerprint density at radius 1 is 1.14 bits per heavy atom. The highest BCUT2D eigenvalue weighted by Crippen LogP contribution is 2.18. The van der Waals surface area contributed by atoms with Gasteiger partial charge in [0.2, 0.25) is 0 Å². The molecule has 0 saturated carbocycles. The molecule has 0 fully saturated rings. The van der Waals surface area contributed by atoms with Crippen molar-refractivity contribution in [2.45, 2.75) is 6.42 Å². The zero-order valence-electron chi connectivity index (χ0n) is 11.8. The zero-order chi connectivity index (χ0) is 14.9. The Labute approximate surface area is 124 Å². The standard InChI is InChI=1S/C15H20N4O2/c16-13-11-14(17-7-4-9-21-10-8-20)19-15(18-13)12-5-2-1-3-6-12/h1-3,5-6,11,20H,4,7-10H2,(H3,16,17,18,19). The van der Waals surface area contributed by atoms with Crippen LogP contribution in [0.4, 0.5) is 11.6 Å². The quantitative estimate of drug-likeness (QED) is 0.638. The molecule has 6 heteroatoms. The van der Waals surface area contributed by atoms with Crippen LogP contribution in [0.5, 0.6) is 0 Å². The van der Waals surface area contributed by atoms with Crippen molar-refractivity contribution in [1.29, 1.82) is 0 Å². The van der Waals surface area contributed by atoms with E-state index in [2.05, 4.69) is 15.3 Å². The SMILES string of the molecule is Nc1cc(NCCCOCCO)nc(-c2ccccc2)n1. The van der Waals surface area contributed by atoms with Gasteiger partial charge in [-0.25, -0.2) is 9.97 Å². The maximum absolute atomic E-state index is 8.60. The second kappa shape index (κ2) is 8.18. The monoisotopic (exact) mass is 288 g/mol. The van der Waals surface area contributed by atoms with Crippen molar-refractivity contribution in [1.82, 2.24) is 9.97 Å². The summed E-state index contributed by atoms with van der Waals surface area (Å²) in [5.74, 6) is 1.74. The van der Waals surface area contributed by atoms with Crippen LogP contribution < -0.4 is 11.1 Å². The first kappa shape index (κ1) is 15.2. The summed E-state index contributed by atoms with van der Waals surface area (Å²) in [7, 11) is 0. The number of aliphatic hydroxyl groups is 1. The number of aromatic nitrogens is 2. The zero-order valence-corrected chi connectivity index (χ0v) is 11.8. The summed E-state index contributed by atoms with van der Waals surface area (Å²) in [5, 5.41) is 11.8. The number of hydrogen-bond donors (Lipinski definition) is 3. The van der Waals surface area contributed by atoms with E-state index < -0.39 is 0 Å². The van der Waals surface area contributed by atoms with E-state index in [0.29, 0.717) is 30.7 Å². The lowest BCUT2D eigenvalue weighted by molar-refractivity contribution is 0.0922. The van der Waals surface area contributed by atoms with E-state index >= 15 is 0 Å². The number of ether oxygens (including phenoxy) is 1. The highest BCUT2D eigenvalue weighted by Gasteiger charge is 2.04. The van der Waals surface area contributed by atoms with Crippen molar-refractivity contribution in [3.63, 3.8) is 0 Å². The number of hydrogen-bond acceptors (Lipinski definition) is 6. The molecular weight excluding hydrogens is 268 g/mol. The van der Waals surface area contributed by atoms with E-state index in [-0.39, 0.29) is 6.61 Å². The number of rotatable bonds is 8. The Morgan fingerprint density at radius 2 is 1.95 bits per heavy atom. The number of benzene rings is 1. The van der Waals surface area contributed by atoms with Crippen molar-refractivity contribution < 1.29 is 9.84 Å². The van der Waals surface area contributed by atoms with Gasteiger partial charge in [0, 0.05) is 24.8 Å². The molecule has 1 aromatic heterocycles. The van der Waals surface area contributed by atoms with Gasteiger partial charge in [0.15, 0.2) is 5.82 Å². The van der Waals surface area contributed by atoms with Gasteiger partial charge in [-0.3, -0.25) is 0 Å². The molecule has 1 heterocycles. The van der Waals surface area contributed by atoms with Crippen LogP contribution in [0.15, 0.2) is 36.4 Å². The maximum atomic E-state index is 8.60. The van der Waals surface area contributed by atoms with E-state index in [1.165, 1.54) is 0 Å². The Hall–Kier alpha value is -2.18. The lowest BCUT2D eigenvalue weighted by Gasteiger charge is -2.08. The predicted molar refractivity (Wildman–Crippen MR) is 82.9 cm³/mol. The summed E-state index contributed by atoms with van der Waals surface area (Å²) in [4.78, 5) is 8.70. The van der Waals surface area contributed by atoms with Crippen LogP contribution in [-0.2, 0) is 4.74 Å². The molecule has 0 radical (unpaired) electrons. The van der Waals surface area contributed by atoms with Gasteiger partial charge in [-0.15, -0.1) is 0 Å². The predicted octanol–water partition coefficient (Wildman–Crippen LogP) is 1.54. The molecule has 0 spiro atoms. The van der Waals surface area contributed by atoms with Crippen LogP contribution >= 0.6 is 0 Å². The summed E-state index contributed by atoms with van der Waals surface area (Å²) < 4.78 is 5.19. The topological polar surface area (TPSA) is 93.3 Å². The molecule has 0 atom stereocenters. The van der Waals surface area contributed by atoms with Crippen LogP contribution in [0.25, 0.3) is 11.4 Å². The summed E-state index contributed by atoms with van der Waals surface area (Å²) >= 11 is 0. The first-order valence-corrected chi connectivity index (χ1v) is 6.92. The normalized spacial score (nSPS) is 10.5. The average molecular weight is 288 g/mol. The molecule has 0 amide bonds. The third-order valence-electron chi connectivity index (χ3n) is 2.79. The van der Waals surface area contributed by atoms with E-state index in [1.54, 1.807) is 6.07 Å². The minimum absolute atomic E-state index is 0.0519. The lowest BCUT2D eigenvalue weighted by atomic mass is 10.2. The van der Waals surface area contributed by atoms with E-state index in [0.717, 1.165) is 18.5 Å². The van der Waals surface area contributed by atoms with Crippen LogP contribution in [-0.4, -0.2) is 41.4 Å². The minimum Gasteiger partial charge on any atom is -0.394 e. The average Bonchev–Trinajstić information content (AvgIpc) is 2.51. The lowest BCUT2D eigenvalue weighted by Crippen LogP contribution is -2.09. The molecule has 4 N–H and O–H groups in total. The van der Waals surface area contributed by atoms with Gasteiger partial charge in [0.1, 0.15) is 11.6 Å². The van der Waals surface area contributed by atoms with Gasteiger partial charge in [-0.1, -0.05) is 30.3 Å². The van der Waals surface area contributed by atoms with Crippen LogP contribution in [0.3, 0.4) is 0 Å². The summed E-state index contributed by atoms with van der Waals surface area (Å²) in [5.41, 5.74) is 6.75. The molecule has 0 saturated heterocycles. The number of nitrogen functional groups attached to an aromatic ring is 1. The molecule has 0 aliphatic carbocycles. The minimum atomic E-state index is 0.0519. The van der Waals surface area contributed by atoms with Gasteiger partial charge in [0.05, 0.1) is 13.2 Å². The highest BCUT2D eigenvalue weighted by molar-refractivity contribution is 5.60. The molecule has 0 unspecified atom stereocenters. The van der Waals surface area contributed by atoms with Crippen molar-refractivity contribution in [3.05, 3.63) is 36.4 Å². The molecule has 0 bridgehead atoms. The molecule has 2 rings (SSSR count). The van der Waals surface area contributed by atoms with Gasteiger partial charge >= 0.3 is 0 Å². The van der Waals surface area contributed by atoms with E-state index in [4.69, 9.17) is 15.6 Å². The molecule has 2 aromatic rings. The maximum Gasteiger partial charge on any atom is 0.163 e. The fourth-order valence-corrected chi connectivity index (χ4v) is 1.83. The Bertz CT molecular complexity index is 549. The van der Waals surface area contributed by atoms with Crippen LogP contribution in [0, 0.1) is 0 Å². The number of nitrogens with one attached hydrogen (secondary N) is 1. The number of nitrogens with two attached hydrogens (primary N) is 1. The number of nitrogens with zero attached hydrogens (tertiary/aromatic N) is 2. The van der Waals surface area contributed by atoms with Crippen molar-refractivity contribution >= 4 is 11.6 Å². The number of aliphatic hydroxyl groups excluding tert-OH is 1. The highest BCUT2D eigenvalue weighted by atomic mass is 16.5. The van der Waals surface area contributed by atoms with Crippen molar-refractivity contribution in [2.24, 2.45) is 0 Å². The molecule has 6 nitrogen and oxygen atoms in total. The second-order valence-electron chi connectivity index (χ2n) is 4.48. The fourth-order valence-electron chi connectivity index (χ4n) is 1.83. The summed E-state index contributed by atoms with van der Waals surface area (Å²) in [6, 6.07) is 11.4. The van der Waals surface area contributed by atoms with E-state index in [9.17, 15) is 0 Å². The molecule has 1 aromatic carbocycles. The molecule has 112 valence electrons. The molecule has 0 aliphatic rings. The summed E-state index contributed by atoms with van der Waals surface area (Å²) in [6.45, 7) is 1.74. The fraction of sp³-hybridized carbons (Fsp3) is 0.333. The van der Waals surface area contributed by atoms with Gasteiger partial charge in [-0.05, 0) is 6.42 Å². The van der Waals surface area contributed by atoms with Gasteiger partial charge in [0.25, 0.3) is 0 Å².